The molecule has 0 N–H and O–H groups in total. The number of benzene rings is 4. The van der Waals surface area contributed by atoms with Crippen LogP contribution in [-0.4, -0.2) is 10.6 Å². The monoisotopic (exact) mass is 438 g/mol. The number of rotatable bonds is 2. The van der Waals surface area contributed by atoms with E-state index >= 15 is 0 Å². The molecule has 34 heavy (non-hydrogen) atoms. The molecule has 2 heteroatoms. The molecule has 2 nitrogen and oxygen atoms in total. The van der Waals surface area contributed by atoms with E-state index in [1.54, 1.807) is 0 Å². The van der Waals surface area contributed by atoms with Crippen molar-refractivity contribution in [3.63, 3.8) is 0 Å². The third-order valence-corrected chi connectivity index (χ3v) is 7.43. The maximum absolute atomic E-state index is 2.50. The molecular formula is C32H26N2. The molecule has 0 fully saturated rings. The standard InChI is InChI=1S/C32H26N2/c1-21-11-17-31-27(19-21)25-7-3-5-9-29(25)33(31)23-13-15-24(16-14-23)34-30-10-6-4-8-26(30)28-20-22(2)12-18-32(28)34/h3-20,27,31H,1-2H3. The maximum atomic E-state index is 2.50. The Bertz CT molecular complexity index is 1630. The van der Waals surface area contributed by atoms with Crippen molar-refractivity contribution >= 4 is 33.2 Å². The number of aryl methyl sites for hydroxylation is 1. The van der Waals surface area contributed by atoms with Crippen LogP contribution in [0.3, 0.4) is 0 Å². The number of nitrogens with zero attached hydrogens (tertiary/aromatic N) is 2. The molecule has 0 saturated heterocycles. The van der Waals surface area contributed by atoms with Crippen molar-refractivity contribution in [2.75, 3.05) is 4.90 Å². The molecule has 2 unspecified atom stereocenters. The minimum absolute atomic E-state index is 0.322. The van der Waals surface area contributed by atoms with Crippen LogP contribution < -0.4 is 4.90 Å². The summed E-state index contributed by atoms with van der Waals surface area (Å²) in [5.41, 5.74) is 10.3. The zero-order chi connectivity index (χ0) is 22.8. The van der Waals surface area contributed by atoms with Gasteiger partial charge in [-0.3, -0.25) is 0 Å². The summed E-state index contributed by atoms with van der Waals surface area (Å²) in [6.45, 7) is 4.36. The van der Waals surface area contributed by atoms with E-state index in [0.29, 0.717) is 12.0 Å². The van der Waals surface area contributed by atoms with E-state index in [1.165, 1.54) is 55.6 Å². The second-order valence-corrected chi connectivity index (χ2v) is 9.60. The summed E-state index contributed by atoms with van der Waals surface area (Å²) >= 11 is 0. The van der Waals surface area contributed by atoms with E-state index in [1.807, 2.05) is 0 Å². The summed E-state index contributed by atoms with van der Waals surface area (Å²) in [6, 6.07) is 33.7. The van der Waals surface area contributed by atoms with E-state index in [-0.39, 0.29) is 0 Å². The van der Waals surface area contributed by atoms with Crippen molar-refractivity contribution in [3.8, 4) is 5.69 Å². The topological polar surface area (TPSA) is 8.17 Å². The van der Waals surface area contributed by atoms with Crippen molar-refractivity contribution in [2.45, 2.75) is 25.8 Å². The minimum Gasteiger partial charge on any atom is -0.333 e. The smallest absolute Gasteiger partial charge is 0.0629 e. The number of anilines is 2. The first-order chi connectivity index (χ1) is 16.7. The molecule has 1 aliphatic carbocycles. The highest BCUT2D eigenvalue weighted by Crippen LogP contribution is 2.48. The van der Waals surface area contributed by atoms with Crippen LogP contribution in [0.5, 0.6) is 0 Å². The van der Waals surface area contributed by atoms with Gasteiger partial charge in [-0.2, -0.15) is 0 Å². The fourth-order valence-corrected chi connectivity index (χ4v) is 5.92. The average Bonchev–Trinajstić information content (AvgIpc) is 3.37. The van der Waals surface area contributed by atoms with Gasteiger partial charge in [0.1, 0.15) is 0 Å². The molecule has 0 saturated carbocycles. The van der Waals surface area contributed by atoms with Gasteiger partial charge in [-0.1, -0.05) is 71.8 Å². The van der Waals surface area contributed by atoms with Gasteiger partial charge in [0.2, 0.25) is 0 Å². The quantitative estimate of drug-likeness (QED) is 0.270. The molecule has 5 aromatic rings. The van der Waals surface area contributed by atoms with Crippen LogP contribution >= 0.6 is 0 Å². The van der Waals surface area contributed by atoms with Gasteiger partial charge in [0.25, 0.3) is 0 Å². The Morgan fingerprint density at radius 1 is 0.676 bits per heavy atom. The van der Waals surface area contributed by atoms with E-state index in [2.05, 4.69) is 133 Å². The Labute approximate surface area is 200 Å². The molecule has 0 radical (unpaired) electrons. The number of fused-ring (bicyclic) bond motifs is 6. The molecule has 1 aromatic heterocycles. The number of aromatic nitrogens is 1. The highest BCUT2D eigenvalue weighted by Gasteiger charge is 2.37. The molecule has 0 amide bonds. The van der Waals surface area contributed by atoms with Crippen molar-refractivity contribution in [3.05, 3.63) is 126 Å². The molecule has 2 atom stereocenters. The lowest BCUT2D eigenvalue weighted by molar-refractivity contribution is 0.738. The second-order valence-electron chi connectivity index (χ2n) is 9.60. The summed E-state index contributed by atoms with van der Waals surface area (Å²) in [6.07, 6.45) is 7.04. The average molecular weight is 439 g/mol. The predicted molar refractivity (Wildman–Crippen MR) is 144 cm³/mol. The van der Waals surface area contributed by atoms with Gasteiger partial charge >= 0.3 is 0 Å². The fraction of sp³-hybridized carbons (Fsp3) is 0.125. The SMILES string of the molecule is CC1=CC2c3ccccc3N(c3ccc(-n4c5ccccc5c5cc(C)ccc54)cc3)C2C=C1. The number of hydrogen-bond acceptors (Lipinski definition) is 1. The van der Waals surface area contributed by atoms with Gasteiger partial charge in [-0.25, -0.2) is 0 Å². The Kier molecular flexibility index (Phi) is 4.13. The number of allylic oxidation sites excluding steroid dienone is 2. The highest BCUT2D eigenvalue weighted by atomic mass is 15.2. The lowest BCUT2D eigenvalue weighted by Crippen LogP contribution is -2.28. The molecule has 7 rings (SSSR count). The second kappa shape index (κ2) is 7.23. The van der Waals surface area contributed by atoms with E-state index in [4.69, 9.17) is 0 Å². The number of para-hydroxylation sites is 2. The van der Waals surface area contributed by atoms with Crippen LogP contribution in [0.1, 0.15) is 24.0 Å². The molecule has 2 heterocycles. The first kappa shape index (κ1) is 19.4. The number of hydrogen-bond donors (Lipinski definition) is 0. The van der Waals surface area contributed by atoms with Gasteiger partial charge in [-0.15, -0.1) is 0 Å². The third kappa shape index (κ3) is 2.75. The molecule has 0 spiro atoms. The molecule has 164 valence electrons. The molecule has 1 aliphatic heterocycles. The third-order valence-electron chi connectivity index (χ3n) is 7.43. The summed E-state index contributed by atoms with van der Waals surface area (Å²) in [5, 5.41) is 2.61. The highest BCUT2D eigenvalue weighted by molar-refractivity contribution is 6.09. The fourth-order valence-electron chi connectivity index (χ4n) is 5.92. The van der Waals surface area contributed by atoms with Gasteiger partial charge < -0.3 is 9.47 Å². The van der Waals surface area contributed by atoms with E-state index in [0.717, 1.165) is 0 Å². The van der Waals surface area contributed by atoms with Crippen molar-refractivity contribution in [1.29, 1.82) is 0 Å². The zero-order valence-electron chi connectivity index (χ0n) is 19.4. The summed E-state index contributed by atoms with van der Waals surface area (Å²) < 4.78 is 2.39. The van der Waals surface area contributed by atoms with Gasteiger partial charge in [0, 0.05) is 33.8 Å². The Hall–Kier alpha value is -4.04. The lowest BCUT2D eigenvalue weighted by atomic mass is 9.89. The van der Waals surface area contributed by atoms with Crippen LogP contribution in [0, 0.1) is 6.92 Å². The van der Waals surface area contributed by atoms with Crippen LogP contribution in [-0.2, 0) is 0 Å². The van der Waals surface area contributed by atoms with Crippen molar-refractivity contribution in [1.82, 2.24) is 4.57 Å². The first-order valence-corrected chi connectivity index (χ1v) is 12.0. The van der Waals surface area contributed by atoms with Crippen LogP contribution in [0.4, 0.5) is 11.4 Å². The van der Waals surface area contributed by atoms with Gasteiger partial charge in [0.05, 0.1) is 17.1 Å². The van der Waals surface area contributed by atoms with Crippen LogP contribution in [0.15, 0.2) is 115 Å². The maximum Gasteiger partial charge on any atom is 0.0629 e. The van der Waals surface area contributed by atoms with Gasteiger partial charge in [0.15, 0.2) is 0 Å². The van der Waals surface area contributed by atoms with E-state index < -0.39 is 0 Å². The lowest BCUT2D eigenvalue weighted by Gasteiger charge is -2.29. The van der Waals surface area contributed by atoms with Gasteiger partial charge in [-0.05, 0) is 67.9 Å². The van der Waals surface area contributed by atoms with Crippen LogP contribution in [0.25, 0.3) is 27.5 Å². The Morgan fingerprint density at radius 3 is 2.29 bits per heavy atom. The van der Waals surface area contributed by atoms with Crippen LogP contribution in [0.2, 0.25) is 0 Å². The molecule has 2 aliphatic rings. The largest absolute Gasteiger partial charge is 0.333 e. The van der Waals surface area contributed by atoms with Crippen molar-refractivity contribution in [2.24, 2.45) is 0 Å². The summed E-state index contributed by atoms with van der Waals surface area (Å²) in [4.78, 5) is 2.50. The minimum atomic E-state index is 0.322. The summed E-state index contributed by atoms with van der Waals surface area (Å²) in [7, 11) is 0. The summed E-state index contributed by atoms with van der Waals surface area (Å²) in [5.74, 6) is 0.404. The zero-order valence-corrected chi connectivity index (χ0v) is 19.4. The van der Waals surface area contributed by atoms with Crippen molar-refractivity contribution < 1.29 is 0 Å². The molecular weight excluding hydrogens is 412 g/mol. The van der Waals surface area contributed by atoms with E-state index in [9.17, 15) is 0 Å². The Balaban J connectivity index is 1.36. The first-order valence-electron chi connectivity index (χ1n) is 12.0. The molecule has 4 aromatic carbocycles. The predicted octanol–water partition coefficient (Wildman–Crippen LogP) is 8.21. The molecule has 0 bridgehead atoms. The normalized spacial score (nSPS) is 18.9. The Morgan fingerprint density at radius 2 is 1.41 bits per heavy atom.